The molecule has 0 saturated heterocycles. The summed E-state index contributed by atoms with van der Waals surface area (Å²) in [6.45, 7) is 3.98. The molecule has 0 aliphatic carbocycles. The number of halogens is 1. The third kappa shape index (κ3) is 3.85. The average molecular weight is 388 g/mol. The number of rotatable bonds is 5. The van der Waals surface area contributed by atoms with Crippen molar-refractivity contribution in [1.82, 2.24) is 24.7 Å². The van der Waals surface area contributed by atoms with E-state index in [-0.39, 0.29) is 11.9 Å². The van der Waals surface area contributed by atoms with Crippen molar-refractivity contribution in [3.8, 4) is 11.3 Å². The smallest absolute Gasteiger partial charge is 0.223 e. The number of aromatic nitrogens is 5. The lowest BCUT2D eigenvalue weighted by molar-refractivity contribution is 0.626. The van der Waals surface area contributed by atoms with Crippen LogP contribution in [0.15, 0.2) is 61.1 Å². The van der Waals surface area contributed by atoms with Crippen LogP contribution >= 0.6 is 0 Å². The van der Waals surface area contributed by atoms with Gasteiger partial charge in [0.05, 0.1) is 17.4 Å². The van der Waals surface area contributed by atoms with Gasteiger partial charge in [-0.25, -0.2) is 14.4 Å². The van der Waals surface area contributed by atoms with Crippen molar-refractivity contribution in [3.63, 3.8) is 0 Å². The van der Waals surface area contributed by atoms with Gasteiger partial charge in [0, 0.05) is 36.9 Å². The first kappa shape index (κ1) is 18.7. The molecule has 0 aliphatic heterocycles. The molecule has 1 atom stereocenters. The highest BCUT2D eigenvalue weighted by Crippen LogP contribution is 2.28. The van der Waals surface area contributed by atoms with Crippen LogP contribution in [0.5, 0.6) is 0 Å². The highest BCUT2D eigenvalue weighted by Gasteiger charge is 2.18. The summed E-state index contributed by atoms with van der Waals surface area (Å²) < 4.78 is 15.3. The van der Waals surface area contributed by atoms with Crippen LogP contribution < -0.4 is 5.32 Å². The second-order valence-electron chi connectivity index (χ2n) is 6.84. The zero-order chi connectivity index (χ0) is 20.4. The van der Waals surface area contributed by atoms with E-state index >= 15 is 0 Å². The molecule has 0 spiro atoms. The van der Waals surface area contributed by atoms with Crippen molar-refractivity contribution >= 4 is 5.95 Å². The first-order valence-corrected chi connectivity index (χ1v) is 9.28. The highest BCUT2D eigenvalue weighted by atomic mass is 19.1. The van der Waals surface area contributed by atoms with Crippen LogP contribution in [-0.2, 0) is 7.05 Å². The summed E-state index contributed by atoms with van der Waals surface area (Å²) >= 11 is 0. The van der Waals surface area contributed by atoms with Gasteiger partial charge in [-0.1, -0.05) is 12.1 Å². The maximum absolute atomic E-state index is 13.4. The molecule has 6 nitrogen and oxygen atoms in total. The van der Waals surface area contributed by atoms with Gasteiger partial charge in [-0.3, -0.25) is 9.67 Å². The van der Waals surface area contributed by atoms with Crippen LogP contribution in [-0.4, -0.2) is 24.7 Å². The third-order valence-corrected chi connectivity index (χ3v) is 4.94. The summed E-state index contributed by atoms with van der Waals surface area (Å²) in [7, 11) is 1.92. The van der Waals surface area contributed by atoms with E-state index in [9.17, 15) is 4.39 Å². The van der Waals surface area contributed by atoms with Crippen LogP contribution in [0.4, 0.5) is 10.3 Å². The maximum atomic E-state index is 13.4. The van der Waals surface area contributed by atoms with Crippen LogP contribution in [0.2, 0.25) is 0 Å². The SMILES string of the molecule is Cc1nn(C)c(C)c1-c1ccnc(NC(c2ccncc2)c2ccc(F)cc2)n1. The van der Waals surface area contributed by atoms with Crippen LogP contribution in [0.3, 0.4) is 0 Å². The van der Waals surface area contributed by atoms with Gasteiger partial charge in [0.15, 0.2) is 0 Å². The fraction of sp³-hybridized carbons (Fsp3) is 0.182. The lowest BCUT2D eigenvalue weighted by Crippen LogP contribution is -2.14. The Morgan fingerprint density at radius 2 is 1.62 bits per heavy atom. The van der Waals surface area contributed by atoms with Gasteiger partial charge < -0.3 is 5.32 Å². The molecule has 1 unspecified atom stereocenters. The van der Waals surface area contributed by atoms with Crippen molar-refractivity contribution in [1.29, 1.82) is 0 Å². The largest absolute Gasteiger partial charge is 0.343 e. The Labute approximate surface area is 168 Å². The van der Waals surface area contributed by atoms with Crippen LogP contribution in [0.25, 0.3) is 11.3 Å². The Morgan fingerprint density at radius 1 is 0.931 bits per heavy atom. The number of pyridine rings is 1. The van der Waals surface area contributed by atoms with E-state index in [1.54, 1.807) is 30.7 Å². The number of aryl methyl sites for hydroxylation is 2. The van der Waals surface area contributed by atoms with E-state index in [1.807, 2.05) is 43.8 Å². The number of nitrogens with one attached hydrogen (secondary N) is 1. The second kappa shape index (κ2) is 7.79. The van der Waals surface area contributed by atoms with Crippen LogP contribution in [0, 0.1) is 19.7 Å². The van der Waals surface area contributed by atoms with Gasteiger partial charge in [-0.2, -0.15) is 5.10 Å². The van der Waals surface area contributed by atoms with E-state index in [1.165, 1.54) is 12.1 Å². The number of nitrogens with zero attached hydrogens (tertiary/aromatic N) is 5. The molecule has 146 valence electrons. The molecule has 1 aromatic carbocycles. The molecule has 4 aromatic rings. The van der Waals surface area contributed by atoms with E-state index < -0.39 is 0 Å². The molecule has 0 fully saturated rings. The third-order valence-electron chi connectivity index (χ3n) is 4.94. The summed E-state index contributed by atoms with van der Waals surface area (Å²) in [6.07, 6.45) is 5.19. The van der Waals surface area contributed by atoms with Crippen molar-refractivity contribution in [2.24, 2.45) is 7.05 Å². The molecular formula is C22H21FN6. The van der Waals surface area contributed by atoms with Gasteiger partial charge >= 0.3 is 0 Å². The number of hydrogen-bond acceptors (Lipinski definition) is 5. The molecule has 0 radical (unpaired) electrons. The number of hydrogen-bond donors (Lipinski definition) is 1. The van der Waals surface area contributed by atoms with Gasteiger partial charge in [-0.05, 0) is 55.3 Å². The maximum Gasteiger partial charge on any atom is 0.223 e. The fourth-order valence-corrected chi connectivity index (χ4v) is 3.41. The zero-order valence-corrected chi connectivity index (χ0v) is 16.5. The van der Waals surface area contributed by atoms with E-state index in [4.69, 9.17) is 4.98 Å². The predicted molar refractivity (Wildman–Crippen MR) is 110 cm³/mol. The topological polar surface area (TPSA) is 68.5 Å². The first-order chi connectivity index (χ1) is 14.0. The standard InChI is InChI=1S/C22H21FN6/c1-14-20(15(2)29(3)28-14)19-10-13-25-22(26-19)27-21(17-8-11-24-12-9-17)16-4-6-18(23)7-5-16/h4-13,21H,1-3H3,(H,25,26,27). The van der Waals surface area contributed by atoms with Gasteiger partial charge in [0.25, 0.3) is 0 Å². The van der Waals surface area contributed by atoms with Crippen molar-refractivity contribution in [2.45, 2.75) is 19.9 Å². The van der Waals surface area contributed by atoms with Gasteiger partial charge in [-0.15, -0.1) is 0 Å². The molecule has 3 heterocycles. The van der Waals surface area contributed by atoms with Gasteiger partial charge in [0.1, 0.15) is 5.82 Å². The molecule has 0 amide bonds. The quantitative estimate of drug-likeness (QED) is 0.554. The van der Waals surface area contributed by atoms with E-state index in [0.29, 0.717) is 5.95 Å². The Hall–Kier alpha value is -3.61. The lowest BCUT2D eigenvalue weighted by atomic mass is 10.00. The summed E-state index contributed by atoms with van der Waals surface area (Å²) in [6, 6.07) is 11.9. The van der Waals surface area contributed by atoms with Gasteiger partial charge in [0.2, 0.25) is 5.95 Å². The lowest BCUT2D eigenvalue weighted by Gasteiger charge is -2.20. The summed E-state index contributed by atoms with van der Waals surface area (Å²) in [5, 5.41) is 7.86. The molecule has 7 heteroatoms. The Bertz CT molecular complexity index is 1120. The van der Waals surface area contributed by atoms with E-state index in [2.05, 4.69) is 20.4 Å². The molecule has 0 bridgehead atoms. The Balaban J connectivity index is 1.72. The number of benzene rings is 1. The first-order valence-electron chi connectivity index (χ1n) is 9.28. The van der Waals surface area contributed by atoms with E-state index in [0.717, 1.165) is 33.8 Å². The molecule has 3 aromatic heterocycles. The summed E-state index contributed by atoms with van der Waals surface area (Å²) in [5.41, 5.74) is 5.64. The second-order valence-corrected chi connectivity index (χ2v) is 6.84. The highest BCUT2D eigenvalue weighted by molar-refractivity contribution is 5.65. The average Bonchev–Trinajstić information content (AvgIpc) is 2.99. The minimum absolute atomic E-state index is 0.245. The minimum atomic E-state index is -0.275. The van der Waals surface area contributed by atoms with Crippen molar-refractivity contribution in [2.75, 3.05) is 5.32 Å². The molecule has 29 heavy (non-hydrogen) atoms. The summed E-state index contributed by atoms with van der Waals surface area (Å²) in [4.78, 5) is 13.2. The zero-order valence-electron chi connectivity index (χ0n) is 16.5. The van der Waals surface area contributed by atoms with Crippen LogP contribution in [0.1, 0.15) is 28.6 Å². The molecule has 0 saturated carbocycles. The Morgan fingerprint density at radius 3 is 2.28 bits per heavy atom. The molecular weight excluding hydrogens is 367 g/mol. The molecule has 0 aliphatic rings. The molecule has 4 rings (SSSR count). The summed E-state index contributed by atoms with van der Waals surface area (Å²) in [5.74, 6) is 0.208. The number of anilines is 1. The minimum Gasteiger partial charge on any atom is -0.343 e. The molecule has 1 N–H and O–H groups in total. The monoisotopic (exact) mass is 388 g/mol. The fourth-order valence-electron chi connectivity index (χ4n) is 3.41. The van der Waals surface area contributed by atoms with Crippen molar-refractivity contribution < 1.29 is 4.39 Å². The Kier molecular flexibility index (Phi) is 5.03. The predicted octanol–water partition coefficient (Wildman–Crippen LogP) is 4.23. The normalized spacial score (nSPS) is 12.0. The van der Waals surface area contributed by atoms with Crippen molar-refractivity contribution in [3.05, 3.63) is 89.4 Å².